The number of benzene rings is 1. The number of aromatic nitrogens is 1. The minimum absolute atomic E-state index is 0.117. The maximum atomic E-state index is 13.1. The summed E-state index contributed by atoms with van der Waals surface area (Å²) in [5, 5.41) is 3.96. The SMILES string of the molecule is COc1cc(/C=C/C(=O)N2CCC[C@@H]3CCC[C@@H](C)[C@H]32)ccc1OCc1c(C)noc1C. The quantitative estimate of drug-likeness (QED) is 0.571. The summed E-state index contributed by atoms with van der Waals surface area (Å²) in [5.74, 6) is 3.40. The van der Waals surface area contributed by atoms with Gasteiger partial charge in [-0.25, -0.2) is 0 Å². The Kier molecular flexibility index (Phi) is 6.87. The molecule has 32 heavy (non-hydrogen) atoms. The molecule has 1 aromatic heterocycles. The maximum absolute atomic E-state index is 13.1. The second-order valence-electron chi connectivity index (χ2n) is 9.17. The number of hydrogen-bond donors (Lipinski definition) is 0. The second-order valence-corrected chi connectivity index (χ2v) is 9.17. The number of hydrogen-bond acceptors (Lipinski definition) is 5. The van der Waals surface area contributed by atoms with Crippen LogP contribution in [0.4, 0.5) is 0 Å². The third-order valence-corrected chi connectivity index (χ3v) is 7.08. The molecule has 6 nitrogen and oxygen atoms in total. The highest BCUT2D eigenvalue weighted by atomic mass is 16.5. The average Bonchev–Trinajstić information content (AvgIpc) is 3.13. The first-order chi connectivity index (χ1) is 15.5. The number of likely N-dealkylation sites (tertiary alicyclic amines) is 1. The Morgan fingerprint density at radius 3 is 2.78 bits per heavy atom. The summed E-state index contributed by atoms with van der Waals surface area (Å²) in [7, 11) is 1.62. The van der Waals surface area contributed by atoms with Gasteiger partial charge >= 0.3 is 0 Å². The molecule has 1 aliphatic carbocycles. The lowest BCUT2D eigenvalue weighted by Crippen LogP contribution is -2.52. The van der Waals surface area contributed by atoms with Crippen LogP contribution in [0.5, 0.6) is 11.5 Å². The molecule has 1 aliphatic heterocycles. The molecule has 0 unspecified atom stereocenters. The van der Waals surface area contributed by atoms with Gasteiger partial charge < -0.3 is 18.9 Å². The van der Waals surface area contributed by atoms with Crippen LogP contribution >= 0.6 is 0 Å². The van der Waals surface area contributed by atoms with Crippen molar-refractivity contribution in [2.75, 3.05) is 13.7 Å². The molecule has 2 aliphatic rings. The van der Waals surface area contributed by atoms with Crippen LogP contribution in [0.2, 0.25) is 0 Å². The van der Waals surface area contributed by atoms with Crippen LogP contribution < -0.4 is 9.47 Å². The first kappa shape index (κ1) is 22.4. The molecule has 172 valence electrons. The van der Waals surface area contributed by atoms with Crippen LogP contribution in [0.25, 0.3) is 6.08 Å². The number of nitrogens with zero attached hydrogens (tertiary/aromatic N) is 2. The normalized spacial score (nSPS) is 23.2. The molecule has 1 aromatic carbocycles. The summed E-state index contributed by atoms with van der Waals surface area (Å²) < 4.78 is 16.7. The Balaban J connectivity index is 1.44. The highest BCUT2D eigenvalue weighted by Gasteiger charge is 2.38. The molecule has 0 bridgehead atoms. The smallest absolute Gasteiger partial charge is 0.246 e. The van der Waals surface area contributed by atoms with Gasteiger partial charge in [0.15, 0.2) is 11.5 Å². The lowest BCUT2D eigenvalue weighted by atomic mass is 9.73. The fourth-order valence-corrected chi connectivity index (χ4v) is 5.34. The minimum atomic E-state index is 0.117. The van der Waals surface area contributed by atoms with E-state index >= 15 is 0 Å². The van der Waals surface area contributed by atoms with Crippen LogP contribution in [0, 0.1) is 25.7 Å². The number of fused-ring (bicyclic) bond motifs is 1. The zero-order valence-corrected chi connectivity index (χ0v) is 19.6. The Labute approximate surface area is 190 Å². The maximum Gasteiger partial charge on any atom is 0.246 e. The van der Waals surface area contributed by atoms with Gasteiger partial charge in [-0.2, -0.15) is 0 Å². The van der Waals surface area contributed by atoms with E-state index in [0.717, 1.165) is 35.5 Å². The van der Waals surface area contributed by atoms with Gasteiger partial charge in [0.1, 0.15) is 12.4 Å². The monoisotopic (exact) mass is 438 g/mol. The van der Waals surface area contributed by atoms with Crippen LogP contribution in [-0.2, 0) is 11.4 Å². The van der Waals surface area contributed by atoms with Gasteiger partial charge in [0.25, 0.3) is 0 Å². The number of carbonyl (C=O) groups is 1. The number of rotatable bonds is 6. The molecule has 2 aromatic rings. The van der Waals surface area contributed by atoms with E-state index in [1.54, 1.807) is 13.2 Å². The number of piperidine rings is 1. The van der Waals surface area contributed by atoms with E-state index in [2.05, 4.69) is 17.0 Å². The molecule has 3 atom stereocenters. The fraction of sp³-hybridized carbons (Fsp3) is 0.538. The summed E-state index contributed by atoms with van der Waals surface area (Å²) in [6.07, 6.45) is 9.73. The third-order valence-electron chi connectivity index (χ3n) is 7.08. The van der Waals surface area contributed by atoms with Crippen LogP contribution in [0.3, 0.4) is 0 Å². The first-order valence-electron chi connectivity index (χ1n) is 11.7. The molecule has 6 heteroatoms. The summed E-state index contributed by atoms with van der Waals surface area (Å²) in [6, 6.07) is 6.11. The number of carbonyl (C=O) groups excluding carboxylic acids is 1. The van der Waals surface area contributed by atoms with Crippen molar-refractivity contribution in [3.8, 4) is 11.5 Å². The van der Waals surface area contributed by atoms with Gasteiger partial charge in [0.05, 0.1) is 18.4 Å². The van der Waals surface area contributed by atoms with Crippen molar-refractivity contribution in [3.63, 3.8) is 0 Å². The molecule has 1 saturated heterocycles. The summed E-state index contributed by atoms with van der Waals surface area (Å²) in [4.78, 5) is 15.2. The van der Waals surface area contributed by atoms with Gasteiger partial charge in [0.2, 0.25) is 5.91 Å². The van der Waals surface area contributed by atoms with Gasteiger partial charge in [-0.1, -0.05) is 24.6 Å². The van der Waals surface area contributed by atoms with E-state index in [0.29, 0.717) is 36.0 Å². The lowest BCUT2D eigenvalue weighted by Gasteiger charge is -2.47. The van der Waals surface area contributed by atoms with E-state index in [1.807, 2.05) is 38.1 Å². The molecule has 2 fully saturated rings. The topological polar surface area (TPSA) is 64.8 Å². The largest absolute Gasteiger partial charge is 0.493 e. The number of aryl methyl sites for hydroxylation is 2. The Hall–Kier alpha value is -2.76. The number of methoxy groups -OCH3 is 1. The second kappa shape index (κ2) is 9.80. The molecular formula is C26H34N2O4. The van der Waals surface area contributed by atoms with Crippen molar-refractivity contribution in [1.29, 1.82) is 0 Å². The van der Waals surface area contributed by atoms with E-state index in [-0.39, 0.29) is 5.91 Å². The average molecular weight is 439 g/mol. The summed E-state index contributed by atoms with van der Waals surface area (Å²) in [6.45, 7) is 7.31. The molecule has 1 saturated carbocycles. The zero-order chi connectivity index (χ0) is 22.7. The zero-order valence-electron chi connectivity index (χ0n) is 19.6. The Bertz CT molecular complexity index is 959. The molecule has 0 N–H and O–H groups in total. The predicted molar refractivity (Wildman–Crippen MR) is 124 cm³/mol. The fourth-order valence-electron chi connectivity index (χ4n) is 5.34. The van der Waals surface area contributed by atoms with Crippen molar-refractivity contribution in [2.24, 2.45) is 11.8 Å². The van der Waals surface area contributed by atoms with Gasteiger partial charge in [0, 0.05) is 18.7 Å². The van der Waals surface area contributed by atoms with Crippen LogP contribution in [0.1, 0.15) is 61.6 Å². The highest BCUT2D eigenvalue weighted by molar-refractivity contribution is 5.92. The molecule has 0 spiro atoms. The Morgan fingerprint density at radius 1 is 1.22 bits per heavy atom. The first-order valence-corrected chi connectivity index (χ1v) is 11.7. The molecular weight excluding hydrogens is 404 g/mol. The third kappa shape index (κ3) is 4.69. The van der Waals surface area contributed by atoms with E-state index < -0.39 is 0 Å². The van der Waals surface area contributed by atoms with Gasteiger partial charge in [-0.3, -0.25) is 4.79 Å². The minimum Gasteiger partial charge on any atom is -0.493 e. The Morgan fingerprint density at radius 2 is 2.03 bits per heavy atom. The van der Waals surface area contributed by atoms with Crippen molar-refractivity contribution in [1.82, 2.24) is 10.1 Å². The number of ether oxygens (including phenoxy) is 2. The van der Waals surface area contributed by atoms with Gasteiger partial charge in [-0.05, 0) is 75.1 Å². The van der Waals surface area contributed by atoms with Crippen molar-refractivity contribution in [2.45, 2.75) is 65.5 Å². The van der Waals surface area contributed by atoms with Crippen molar-refractivity contribution >= 4 is 12.0 Å². The molecule has 4 rings (SSSR count). The number of amides is 1. The van der Waals surface area contributed by atoms with Gasteiger partial charge in [-0.15, -0.1) is 0 Å². The molecule has 2 heterocycles. The molecule has 0 radical (unpaired) electrons. The van der Waals surface area contributed by atoms with E-state index in [1.165, 1.54) is 25.7 Å². The van der Waals surface area contributed by atoms with E-state index in [4.69, 9.17) is 14.0 Å². The van der Waals surface area contributed by atoms with Crippen molar-refractivity contribution < 1.29 is 18.8 Å². The highest BCUT2D eigenvalue weighted by Crippen LogP contribution is 2.39. The van der Waals surface area contributed by atoms with Crippen LogP contribution in [0.15, 0.2) is 28.8 Å². The van der Waals surface area contributed by atoms with E-state index in [9.17, 15) is 4.79 Å². The van der Waals surface area contributed by atoms with Crippen LogP contribution in [-0.4, -0.2) is 35.7 Å². The summed E-state index contributed by atoms with van der Waals surface area (Å²) >= 11 is 0. The molecule has 1 amide bonds. The predicted octanol–water partition coefficient (Wildman–Crippen LogP) is 5.32. The summed E-state index contributed by atoms with van der Waals surface area (Å²) in [5.41, 5.74) is 2.68. The standard InChI is InChI=1S/C26H34N2O4/c1-17-7-5-8-21-9-6-14-28(26(17)21)25(29)13-11-20-10-12-23(24(15-20)30-4)31-16-22-18(2)27-32-19(22)3/h10-13,15,17,21,26H,5-9,14,16H2,1-4H3/b13-11+/t17-,21+,26-/m1/s1. The lowest BCUT2D eigenvalue weighted by molar-refractivity contribution is -0.133. The van der Waals surface area contributed by atoms with Crippen molar-refractivity contribution in [3.05, 3.63) is 46.9 Å².